The first-order chi connectivity index (χ1) is 11.7. The summed E-state index contributed by atoms with van der Waals surface area (Å²) in [5.74, 6) is -0.133. The quantitative estimate of drug-likeness (QED) is 0.680. The van der Waals surface area contributed by atoms with Crippen LogP contribution in [0, 0.1) is 0 Å². The van der Waals surface area contributed by atoms with E-state index < -0.39 is 0 Å². The highest BCUT2D eigenvalue weighted by Crippen LogP contribution is 2.24. The normalized spacial score (nSPS) is 12.1. The molecular formula is C15H16N6OS2. The summed E-state index contributed by atoms with van der Waals surface area (Å²) in [6.07, 6.45) is 2.63. The Bertz CT molecular complexity index is 800. The molecule has 0 aliphatic rings. The van der Waals surface area contributed by atoms with Gasteiger partial charge in [0.25, 0.3) is 0 Å². The van der Waals surface area contributed by atoms with Crippen molar-refractivity contribution in [3.05, 3.63) is 41.4 Å². The van der Waals surface area contributed by atoms with E-state index in [9.17, 15) is 4.79 Å². The minimum absolute atomic E-state index is 0.133. The number of carbonyl (C=O) groups excluding carboxylic acids is 1. The molecular weight excluding hydrogens is 344 g/mol. The van der Waals surface area contributed by atoms with E-state index in [2.05, 4.69) is 32.7 Å². The number of thiazole rings is 1. The molecule has 0 spiro atoms. The second-order valence-electron chi connectivity index (χ2n) is 4.98. The van der Waals surface area contributed by atoms with E-state index in [0.717, 1.165) is 12.1 Å². The van der Waals surface area contributed by atoms with Gasteiger partial charge in [0.05, 0.1) is 10.9 Å². The third-order valence-electron chi connectivity index (χ3n) is 3.34. The van der Waals surface area contributed by atoms with Crippen LogP contribution in [0.2, 0.25) is 0 Å². The fraction of sp³-hybridized carbons (Fsp3) is 0.267. The molecule has 2 heterocycles. The highest BCUT2D eigenvalue weighted by atomic mass is 32.2. The molecule has 124 valence electrons. The molecule has 3 rings (SSSR count). The molecule has 3 aromatic rings. The Labute approximate surface area is 147 Å². The Morgan fingerprint density at radius 3 is 2.83 bits per heavy atom. The summed E-state index contributed by atoms with van der Waals surface area (Å²) in [5.41, 5.74) is 2.12. The van der Waals surface area contributed by atoms with Crippen LogP contribution in [0.15, 0.2) is 41.0 Å². The van der Waals surface area contributed by atoms with Gasteiger partial charge < -0.3 is 5.32 Å². The van der Waals surface area contributed by atoms with Crippen LogP contribution in [0.5, 0.6) is 0 Å². The zero-order chi connectivity index (χ0) is 16.9. The van der Waals surface area contributed by atoms with E-state index in [1.54, 1.807) is 10.9 Å². The molecule has 1 aromatic carbocycles. The lowest BCUT2D eigenvalue weighted by Gasteiger charge is -2.10. The first-order valence-electron chi connectivity index (χ1n) is 7.42. The minimum atomic E-state index is -0.353. The van der Waals surface area contributed by atoms with Crippen molar-refractivity contribution in [1.82, 2.24) is 25.2 Å². The molecule has 0 saturated heterocycles. The van der Waals surface area contributed by atoms with Gasteiger partial charge in [-0.25, -0.2) is 4.98 Å². The number of rotatable bonds is 6. The van der Waals surface area contributed by atoms with Crippen molar-refractivity contribution < 1.29 is 4.79 Å². The number of carbonyl (C=O) groups is 1. The molecule has 0 aliphatic carbocycles. The van der Waals surface area contributed by atoms with Gasteiger partial charge >= 0.3 is 0 Å². The summed E-state index contributed by atoms with van der Waals surface area (Å²) in [6.45, 7) is 3.92. The van der Waals surface area contributed by atoms with Crippen LogP contribution in [0.4, 0.5) is 5.13 Å². The second kappa shape index (κ2) is 7.54. The molecule has 0 unspecified atom stereocenters. The third kappa shape index (κ3) is 3.80. The Morgan fingerprint density at radius 1 is 1.38 bits per heavy atom. The number of nitrogens with one attached hydrogen (secondary N) is 1. The standard InChI is InChI=1S/C15H16N6OS2/c1-3-11-4-6-12(7-5-11)21-15(18-19-20-21)24-10(2)13(22)17-14-16-8-9-23-14/h4-10H,3H2,1-2H3,(H,16,17,22)/t10-/m0/s1. The Kier molecular flexibility index (Phi) is 5.21. The van der Waals surface area contributed by atoms with Crippen molar-refractivity contribution >= 4 is 34.1 Å². The predicted octanol–water partition coefficient (Wildman–Crippen LogP) is 2.80. The van der Waals surface area contributed by atoms with E-state index in [4.69, 9.17) is 0 Å². The summed E-state index contributed by atoms with van der Waals surface area (Å²) < 4.78 is 1.64. The first-order valence-corrected chi connectivity index (χ1v) is 9.18. The number of hydrogen-bond acceptors (Lipinski definition) is 7. The molecule has 9 heteroatoms. The third-order valence-corrected chi connectivity index (χ3v) is 5.07. The lowest BCUT2D eigenvalue weighted by atomic mass is 10.1. The van der Waals surface area contributed by atoms with Crippen molar-refractivity contribution in [2.45, 2.75) is 30.7 Å². The number of aromatic nitrogens is 5. The number of anilines is 1. The molecule has 1 atom stereocenters. The second-order valence-corrected chi connectivity index (χ2v) is 7.18. The average Bonchev–Trinajstić information content (AvgIpc) is 3.27. The van der Waals surface area contributed by atoms with Crippen LogP contribution >= 0.6 is 23.1 Å². The Morgan fingerprint density at radius 2 is 2.17 bits per heavy atom. The predicted molar refractivity (Wildman–Crippen MR) is 94.6 cm³/mol. The van der Waals surface area contributed by atoms with E-state index >= 15 is 0 Å². The molecule has 1 N–H and O–H groups in total. The summed E-state index contributed by atoms with van der Waals surface area (Å²) in [7, 11) is 0. The molecule has 0 aliphatic heterocycles. The lowest BCUT2D eigenvalue weighted by Crippen LogP contribution is -2.22. The van der Waals surface area contributed by atoms with Crippen LogP contribution in [0.25, 0.3) is 5.69 Å². The van der Waals surface area contributed by atoms with Crippen LogP contribution in [0.1, 0.15) is 19.4 Å². The largest absolute Gasteiger partial charge is 0.301 e. The van der Waals surface area contributed by atoms with Crippen molar-refractivity contribution in [2.75, 3.05) is 5.32 Å². The summed E-state index contributed by atoms with van der Waals surface area (Å²) in [4.78, 5) is 16.3. The number of thioether (sulfide) groups is 1. The van der Waals surface area contributed by atoms with E-state index in [1.165, 1.54) is 28.7 Å². The number of nitrogens with zero attached hydrogens (tertiary/aromatic N) is 5. The SMILES string of the molecule is CCc1ccc(-n2nnnc2S[C@@H](C)C(=O)Nc2nccs2)cc1. The van der Waals surface area contributed by atoms with Gasteiger partial charge in [0, 0.05) is 11.6 Å². The van der Waals surface area contributed by atoms with Crippen LogP contribution in [0.3, 0.4) is 0 Å². The zero-order valence-electron chi connectivity index (χ0n) is 13.2. The lowest BCUT2D eigenvalue weighted by molar-refractivity contribution is -0.115. The Balaban J connectivity index is 1.71. The molecule has 1 amide bonds. The van der Waals surface area contributed by atoms with Gasteiger partial charge in [0.15, 0.2) is 5.13 Å². The number of tetrazole rings is 1. The van der Waals surface area contributed by atoms with Crippen LogP contribution in [-0.4, -0.2) is 36.3 Å². The van der Waals surface area contributed by atoms with Crippen molar-refractivity contribution in [3.63, 3.8) is 0 Å². The maximum atomic E-state index is 12.2. The van der Waals surface area contributed by atoms with E-state index in [0.29, 0.717) is 10.3 Å². The zero-order valence-corrected chi connectivity index (χ0v) is 14.8. The summed E-state index contributed by atoms with van der Waals surface area (Å²) in [6, 6.07) is 8.03. The smallest absolute Gasteiger partial charge is 0.239 e. The summed E-state index contributed by atoms with van der Waals surface area (Å²) in [5, 5.41) is 17.2. The topological polar surface area (TPSA) is 85.6 Å². The molecule has 0 bridgehead atoms. The number of aryl methyl sites for hydroxylation is 1. The fourth-order valence-corrected chi connectivity index (χ4v) is 3.33. The van der Waals surface area contributed by atoms with Gasteiger partial charge in [0.2, 0.25) is 11.1 Å². The summed E-state index contributed by atoms with van der Waals surface area (Å²) >= 11 is 2.69. The molecule has 0 radical (unpaired) electrons. The van der Waals surface area contributed by atoms with Crippen molar-refractivity contribution in [1.29, 1.82) is 0 Å². The van der Waals surface area contributed by atoms with E-state index in [-0.39, 0.29) is 11.2 Å². The van der Waals surface area contributed by atoms with E-state index in [1.807, 2.05) is 36.6 Å². The Hall–Kier alpha value is -2.26. The number of hydrogen-bond donors (Lipinski definition) is 1. The maximum Gasteiger partial charge on any atom is 0.239 e. The van der Waals surface area contributed by atoms with Crippen molar-refractivity contribution in [2.24, 2.45) is 0 Å². The fourth-order valence-electron chi connectivity index (χ4n) is 1.99. The van der Waals surface area contributed by atoms with Gasteiger partial charge in [-0.1, -0.05) is 30.8 Å². The van der Waals surface area contributed by atoms with Gasteiger partial charge in [-0.2, -0.15) is 4.68 Å². The van der Waals surface area contributed by atoms with Gasteiger partial charge in [-0.05, 0) is 41.5 Å². The van der Waals surface area contributed by atoms with Crippen LogP contribution < -0.4 is 5.32 Å². The first kappa shape index (κ1) is 16.6. The molecule has 0 saturated carbocycles. The average molecular weight is 360 g/mol. The maximum absolute atomic E-state index is 12.2. The molecule has 24 heavy (non-hydrogen) atoms. The molecule has 2 aromatic heterocycles. The highest BCUT2D eigenvalue weighted by molar-refractivity contribution is 8.00. The molecule has 7 nitrogen and oxygen atoms in total. The molecule has 0 fully saturated rings. The minimum Gasteiger partial charge on any atom is -0.301 e. The van der Waals surface area contributed by atoms with Crippen LogP contribution in [-0.2, 0) is 11.2 Å². The van der Waals surface area contributed by atoms with Gasteiger partial charge in [-0.15, -0.1) is 16.4 Å². The number of benzene rings is 1. The highest BCUT2D eigenvalue weighted by Gasteiger charge is 2.20. The number of amides is 1. The van der Waals surface area contributed by atoms with Gasteiger partial charge in [-0.3, -0.25) is 4.79 Å². The van der Waals surface area contributed by atoms with Crippen molar-refractivity contribution in [3.8, 4) is 5.69 Å². The monoisotopic (exact) mass is 360 g/mol. The van der Waals surface area contributed by atoms with Gasteiger partial charge in [0.1, 0.15) is 0 Å².